The number of aromatic nitrogens is 2. The van der Waals surface area contributed by atoms with E-state index in [0.717, 1.165) is 0 Å². The Morgan fingerprint density at radius 3 is 2.52 bits per heavy atom. The van der Waals surface area contributed by atoms with Crippen LogP contribution in [0.1, 0.15) is 30.1 Å². The van der Waals surface area contributed by atoms with Crippen LogP contribution >= 0.6 is 12.2 Å². The number of H-pyrrole nitrogens is 1. The molecular formula is C22H26N4O5S2. The number of carbonyl (C=O) groups excluding carboxylic acids is 1. The molecule has 0 aliphatic rings. The zero-order chi connectivity index (χ0) is 24.0. The Hall–Kier alpha value is -3.02. The van der Waals surface area contributed by atoms with Gasteiger partial charge < -0.3 is 15.0 Å². The fourth-order valence-corrected chi connectivity index (χ4v) is 4.71. The molecule has 0 radical (unpaired) electrons. The number of ether oxygens (including phenoxy) is 1. The maximum atomic E-state index is 12.8. The summed E-state index contributed by atoms with van der Waals surface area (Å²) in [6.07, 6.45) is 1.17. The maximum Gasteiger partial charge on any atom is 0.262 e. The van der Waals surface area contributed by atoms with Crippen LogP contribution in [-0.4, -0.2) is 43.3 Å². The van der Waals surface area contributed by atoms with Gasteiger partial charge in [0.1, 0.15) is 0 Å². The molecule has 0 unspecified atom stereocenters. The molecule has 176 valence electrons. The third kappa shape index (κ3) is 6.28. The second kappa shape index (κ2) is 10.7. The number of hydrogen-bond acceptors (Lipinski definition) is 6. The third-order valence-corrected chi connectivity index (χ3v) is 6.68. The number of hydrogen-bond donors (Lipinski definition) is 3. The van der Waals surface area contributed by atoms with E-state index in [0.29, 0.717) is 53.8 Å². The van der Waals surface area contributed by atoms with Gasteiger partial charge in [-0.25, -0.2) is 8.42 Å². The van der Waals surface area contributed by atoms with Crippen molar-refractivity contribution in [3.8, 4) is 0 Å². The number of aromatic amines is 1. The summed E-state index contributed by atoms with van der Waals surface area (Å²) in [6, 6.07) is 11.1. The van der Waals surface area contributed by atoms with Crippen molar-refractivity contribution in [2.75, 3.05) is 29.5 Å². The van der Waals surface area contributed by atoms with Crippen LogP contribution in [0, 0.1) is 4.77 Å². The summed E-state index contributed by atoms with van der Waals surface area (Å²) in [6.45, 7) is 2.74. The molecule has 0 atom stereocenters. The van der Waals surface area contributed by atoms with Gasteiger partial charge in [0.15, 0.2) is 4.77 Å². The lowest BCUT2D eigenvalue weighted by Crippen LogP contribution is -2.23. The molecule has 0 spiro atoms. The highest BCUT2D eigenvalue weighted by molar-refractivity contribution is 7.92. The maximum absolute atomic E-state index is 12.8. The topological polar surface area (TPSA) is 122 Å². The molecule has 3 aromatic rings. The van der Waals surface area contributed by atoms with E-state index in [1.165, 1.54) is 4.57 Å². The van der Waals surface area contributed by atoms with Gasteiger partial charge in [0, 0.05) is 37.2 Å². The molecule has 9 nitrogen and oxygen atoms in total. The summed E-state index contributed by atoms with van der Waals surface area (Å²) < 4.78 is 33.0. The first-order valence-corrected chi connectivity index (χ1v) is 12.5. The van der Waals surface area contributed by atoms with E-state index in [9.17, 15) is 18.0 Å². The number of methoxy groups -OCH3 is 1. The molecule has 1 aromatic heterocycles. The van der Waals surface area contributed by atoms with Crippen LogP contribution in [0.15, 0.2) is 47.3 Å². The number of nitrogens with zero attached hydrogens (tertiary/aromatic N) is 1. The minimum atomic E-state index is -3.38. The molecule has 3 N–H and O–H groups in total. The van der Waals surface area contributed by atoms with Crippen molar-refractivity contribution >= 4 is 50.4 Å². The van der Waals surface area contributed by atoms with Crippen LogP contribution in [0.25, 0.3) is 10.9 Å². The molecule has 3 rings (SSSR count). The number of anilines is 2. The number of nitrogens with one attached hydrogen (secondary N) is 3. The van der Waals surface area contributed by atoms with E-state index in [1.807, 2.05) is 0 Å². The van der Waals surface area contributed by atoms with E-state index in [1.54, 1.807) is 56.5 Å². The normalized spacial score (nSPS) is 11.5. The quantitative estimate of drug-likeness (QED) is 0.295. The van der Waals surface area contributed by atoms with Crippen LogP contribution in [0.3, 0.4) is 0 Å². The SMILES string of the molecule is CCCS(=O)(=O)Nc1ccc(NC(=O)c2ccc3c(=O)n(CCCOC)c(=S)[nH]c3c2)cc1. The Kier molecular flexibility index (Phi) is 8.01. The molecule has 33 heavy (non-hydrogen) atoms. The highest BCUT2D eigenvalue weighted by Gasteiger charge is 2.12. The molecule has 0 saturated heterocycles. The van der Waals surface area contributed by atoms with Crippen molar-refractivity contribution in [2.45, 2.75) is 26.3 Å². The molecule has 1 heterocycles. The Balaban J connectivity index is 1.77. The minimum Gasteiger partial charge on any atom is -0.385 e. The van der Waals surface area contributed by atoms with E-state index in [2.05, 4.69) is 15.0 Å². The first kappa shape index (κ1) is 24.6. The van der Waals surface area contributed by atoms with Crippen LogP contribution in [0.2, 0.25) is 0 Å². The summed E-state index contributed by atoms with van der Waals surface area (Å²) in [4.78, 5) is 28.5. The van der Waals surface area contributed by atoms with Crippen LogP contribution in [0.4, 0.5) is 11.4 Å². The van der Waals surface area contributed by atoms with Crippen LogP contribution in [0.5, 0.6) is 0 Å². The Morgan fingerprint density at radius 1 is 1.15 bits per heavy atom. The first-order valence-electron chi connectivity index (χ1n) is 10.4. The van der Waals surface area contributed by atoms with Gasteiger partial charge in [-0.1, -0.05) is 6.92 Å². The van der Waals surface area contributed by atoms with Gasteiger partial charge in [0.05, 0.1) is 16.7 Å². The zero-order valence-corrected chi connectivity index (χ0v) is 20.0. The van der Waals surface area contributed by atoms with Gasteiger partial charge in [0.25, 0.3) is 11.5 Å². The summed E-state index contributed by atoms with van der Waals surface area (Å²) in [5.41, 5.74) is 1.51. The Morgan fingerprint density at radius 2 is 1.85 bits per heavy atom. The molecule has 2 aromatic carbocycles. The van der Waals surface area contributed by atoms with Crippen molar-refractivity contribution in [1.82, 2.24) is 9.55 Å². The summed E-state index contributed by atoms with van der Waals surface area (Å²) in [5, 5.41) is 3.19. The summed E-state index contributed by atoms with van der Waals surface area (Å²) in [5.74, 6) is -0.339. The smallest absolute Gasteiger partial charge is 0.262 e. The fourth-order valence-electron chi connectivity index (χ4n) is 3.29. The van der Waals surface area contributed by atoms with E-state index in [4.69, 9.17) is 17.0 Å². The summed E-state index contributed by atoms with van der Waals surface area (Å²) in [7, 11) is -1.79. The van der Waals surface area contributed by atoms with Gasteiger partial charge in [-0.3, -0.25) is 18.9 Å². The number of fused-ring (bicyclic) bond motifs is 1. The van der Waals surface area contributed by atoms with E-state index < -0.39 is 10.0 Å². The monoisotopic (exact) mass is 490 g/mol. The lowest BCUT2D eigenvalue weighted by atomic mass is 10.1. The van der Waals surface area contributed by atoms with E-state index in [-0.39, 0.29) is 22.0 Å². The molecule has 0 bridgehead atoms. The lowest BCUT2D eigenvalue weighted by Gasteiger charge is -2.10. The number of carbonyl (C=O) groups is 1. The van der Waals surface area contributed by atoms with Crippen molar-refractivity contribution < 1.29 is 17.9 Å². The minimum absolute atomic E-state index is 0.0364. The predicted octanol–water partition coefficient (Wildman–Crippen LogP) is 3.50. The van der Waals surface area contributed by atoms with Gasteiger partial charge in [-0.05, 0) is 67.5 Å². The lowest BCUT2D eigenvalue weighted by molar-refractivity contribution is 0.102. The molecule has 0 saturated carbocycles. The molecule has 0 aliphatic carbocycles. The van der Waals surface area contributed by atoms with Gasteiger partial charge >= 0.3 is 0 Å². The fraction of sp³-hybridized carbons (Fsp3) is 0.318. The summed E-state index contributed by atoms with van der Waals surface area (Å²) >= 11 is 5.31. The Labute approximate surface area is 196 Å². The van der Waals surface area contributed by atoms with Gasteiger partial charge in [0.2, 0.25) is 10.0 Å². The first-order chi connectivity index (χ1) is 15.7. The second-order valence-electron chi connectivity index (χ2n) is 7.45. The van der Waals surface area contributed by atoms with Gasteiger partial charge in [-0.2, -0.15) is 0 Å². The van der Waals surface area contributed by atoms with Crippen molar-refractivity contribution in [3.05, 3.63) is 63.2 Å². The highest BCUT2D eigenvalue weighted by Crippen LogP contribution is 2.17. The zero-order valence-electron chi connectivity index (χ0n) is 18.4. The molecule has 11 heteroatoms. The standard InChI is InChI=1S/C22H26N4O5S2/c1-3-13-33(29,30)25-17-8-6-16(7-9-17)23-20(27)15-5-10-18-19(14-15)24-22(32)26(21(18)28)11-4-12-31-2/h5-10,14,25H,3-4,11-13H2,1-2H3,(H,23,27)(H,24,32). The van der Waals surface area contributed by atoms with Crippen molar-refractivity contribution in [3.63, 3.8) is 0 Å². The van der Waals surface area contributed by atoms with Crippen LogP contribution < -0.4 is 15.6 Å². The van der Waals surface area contributed by atoms with Gasteiger partial charge in [-0.15, -0.1) is 0 Å². The Bertz CT molecular complexity index is 1360. The van der Waals surface area contributed by atoms with Crippen LogP contribution in [-0.2, 0) is 21.3 Å². The average Bonchev–Trinajstić information content (AvgIpc) is 2.76. The van der Waals surface area contributed by atoms with Crippen molar-refractivity contribution in [1.29, 1.82) is 0 Å². The predicted molar refractivity (Wildman–Crippen MR) is 132 cm³/mol. The largest absolute Gasteiger partial charge is 0.385 e. The number of benzene rings is 2. The number of rotatable bonds is 10. The highest BCUT2D eigenvalue weighted by atomic mass is 32.2. The van der Waals surface area contributed by atoms with Crippen molar-refractivity contribution in [2.24, 2.45) is 0 Å². The molecule has 0 aliphatic heterocycles. The molecule has 0 fully saturated rings. The molecule has 1 amide bonds. The number of sulfonamides is 1. The number of amides is 1. The van der Waals surface area contributed by atoms with E-state index >= 15 is 0 Å². The third-order valence-electron chi connectivity index (χ3n) is 4.86. The molecular weight excluding hydrogens is 464 g/mol. The average molecular weight is 491 g/mol. The second-order valence-corrected chi connectivity index (χ2v) is 9.67.